The highest BCUT2D eigenvalue weighted by Gasteiger charge is 2.44. The van der Waals surface area contributed by atoms with Crippen LogP contribution in [0.3, 0.4) is 0 Å². The molecule has 0 unspecified atom stereocenters. The summed E-state index contributed by atoms with van der Waals surface area (Å²) < 4.78 is 10.3. The Bertz CT molecular complexity index is 1020. The summed E-state index contributed by atoms with van der Waals surface area (Å²) >= 11 is 0. The summed E-state index contributed by atoms with van der Waals surface area (Å²) in [7, 11) is 3.08. The van der Waals surface area contributed by atoms with Gasteiger partial charge in [0.25, 0.3) is 5.91 Å². The Balaban J connectivity index is 1.80. The van der Waals surface area contributed by atoms with Crippen LogP contribution in [0.15, 0.2) is 48.5 Å². The Morgan fingerprint density at radius 2 is 1.55 bits per heavy atom. The standard InChI is InChI=1S/C24H26N2O7/c1-32-18-7-3-16(4-8-18)13-14-25(21(27)11-12-23(29)30)20-15-22(28)26(24(20)31)17-5-9-19(33-2)10-6-17/h3-10,20H,11-15H2,1-2H3,(H,29,30)/t20-/m1/s1. The molecule has 0 saturated carbocycles. The molecule has 2 aromatic rings. The Kier molecular flexibility index (Phi) is 7.66. The van der Waals surface area contributed by atoms with Gasteiger partial charge >= 0.3 is 5.97 Å². The zero-order valence-electron chi connectivity index (χ0n) is 18.5. The van der Waals surface area contributed by atoms with Crippen LogP contribution in [-0.2, 0) is 25.6 Å². The number of carbonyl (C=O) groups is 4. The molecule has 1 N–H and O–H groups in total. The highest BCUT2D eigenvalue weighted by atomic mass is 16.5. The lowest BCUT2D eigenvalue weighted by Gasteiger charge is -2.28. The van der Waals surface area contributed by atoms with E-state index in [0.717, 1.165) is 10.5 Å². The van der Waals surface area contributed by atoms with Crippen molar-refractivity contribution >= 4 is 29.4 Å². The number of benzene rings is 2. The van der Waals surface area contributed by atoms with Crippen molar-refractivity contribution in [3.8, 4) is 11.5 Å². The van der Waals surface area contributed by atoms with Crippen LogP contribution >= 0.6 is 0 Å². The second-order valence-corrected chi connectivity index (χ2v) is 7.56. The van der Waals surface area contributed by atoms with Gasteiger partial charge in [0, 0.05) is 13.0 Å². The highest BCUT2D eigenvalue weighted by molar-refractivity contribution is 6.23. The topological polar surface area (TPSA) is 113 Å². The number of rotatable bonds is 10. The summed E-state index contributed by atoms with van der Waals surface area (Å²) in [5.74, 6) is -1.24. The molecule has 174 valence electrons. The molecule has 1 heterocycles. The van der Waals surface area contributed by atoms with Gasteiger partial charge in [-0.15, -0.1) is 0 Å². The molecule has 0 bridgehead atoms. The van der Waals surface area contributed by atoms with Crippen LogP contribution in [0.5, 0.6) is 11.5 Å². The van der Waals surface area contributed by atoms with Gasteiger partial charge < -0.3 is 19.5 Å². The van der Waals surface area contributed by atoms with Crippen molar-refractivity contribution in [2.45, 2.75) is 31.7 Å². The number of hydrogen-bond donors (Lipinski definition) is 1. The molecular formula is C24H26N2O7. The van der Waals surface area contributed by atoms with Crippen molar-refractivity contribution in [3.05, 3.63) is 54.1 Å². The van der Waals surface area contributed by atoms with Crippen LogP contribution in [0.4, 0.5) is 5.69 Å². The minimum Gasteiger partial charge on any atom is -0.497 e. The lowest BCUT2D eigenvalue weighted by Crippen LogP contribution is -2.46. The monoisotopic (exact) mass is 454 g/mol. The summed E-state index contributed by atoms with van der Waals surface area (Å²) in [6.07, 6.45) is -0.330. The van der Waals surface area contributed by atoms with Crippen LogP contribution in [0.2, 0.25) is 0 Å². The number of carboxylic acid groups (broad SMARTS) is 1. The third-order valence-electron chi connectivity index (χ3n) is 5.50. The van der Waals surface area contributed by atoms with Gasteiger partial charge in [-0.25, -0.2) is 4.90 Å². The van der Waals surface area contributed by atoms with Gasteiger partial charge in [0.05, 0.1) is 32.7 Å². The number of carboxylic acids is 1. The van der Waals surface area contributed by atoms with Gasteiger partial charge in [0.1, 0.15) is 17.5 Å². The van der Waals surface area contributed by atoms with Crippen molar-refractivity contribution in [1.82, 2.24) is 4.90 Å². The highest BCUT2D eigenvalue weighted by Crippen LogP contribution is 2.28. The number of nitrogens with zero attached hydrogens (tertiary/aromatic N) is 2. The fourth-order valence-corrected chi connectivity index (χ4v) is 3.72. The number of ether oxygens (including phenoxy) is 2. The first-order valence-electron chi connectivity index (χ1n) is 10.5. The second kappa shape index (κ2) is 10.6. The zero-order chi connectivity index (χ0) is 24.0. The first-order chi connectivity index (χ1) is 15.8. The molecule has 0 radical (unpaired) electrons. The molecule has 33 heavy (non-hydrogen) atoms. The molecule has 1 fully saturated rings. The van der Waals surface area contributed by atoms with E-state index in [1.54, 1.807) is 43.5 Å². The van der Waals surface area contributed by atoms with Crippen molar-refractivity contribution < 1.29 is 33.8 Å². The minimum absolute atomic E-state index is 0.160. The normalized spacial score (nSPS) is 15.5. The maximum absolute atomic E-state index is 13.2. The van der Waals surface area contributed by atoms with Crippen molar-refractivity contribution in [2.24, 2.45) is 0 Å². The zero-order valence-corrected chi connectivity index (χ0v) is 18.5. The lowest BCUT2D eigenvalue weighted by molar-refractivity contribution is -0.143. The summed E-state index contributed by atoms with van der Waals surface area (Å²) in [5, 5.41) is 8.97. The smallest absolute Gasteiger partial charge is 0.303 e. The summed E-state index contributed by atoms with van der Waals surface area (Å²) in [5.41, 5.74) is 1.30. The lowest BCUT2D eigenvalue weighted by atomic mass is 10.1. The van der Waals surface area contributed by atoms with Crippen LogP contribution < -0.4 is 14.4 Å². The number of carbonyl (C=O) groups excluding carboxylic acids is 3. The maximum atomic E-state index is 13.2. The third kappa shape index (κ3) is 5.68. The van der Waals surface area contributed by atoms with Gasteiger partial charge in [-0.3, -0.25) is 19.2 Å². The number of imide groups is 1. The molecule has 3 amide bonds. The average molecular weight is 454 g/mol. The van der Waals surface area contributed by atoms with Crippen LogP contribution in [0, 0.1) is 0 Å². The molecule has 1 atom stereocenters. The molecule has 1 aliphatic rings. The summed E-state index contributed by atoms with van der Waals surface area (Å²) in [4.78, 5) is 52.2. The van der Waals surface area contributed by atoms with E-state index in [1.807, 2.05) is 12.1 Å². The molecule has 3 rings (SSSR count). The average Bonchev–Trinajstić information content (AvgIpc) is 3.11. The summed E-state index contributed by atoms with van der Waals surface area (Å²) in [6.45, 7) is 0.172. The first kappa shape index (κ1) is 23.8. The largest absolute Gasteiger partial charge is 0.497 e. The third-order valence-corrected chi connectivity index (χ3v) is 5.50. The van der Waals surface area contributed by atoms with Crippen molar-refractivity contribution in [1.29, 1.82) is 0 Å². The quantitative estimate of drug-likeness (QED) is 0.548. The van der Waals surface area contributed by atoms with Gasteiger partial charge in [0.2, 0.25) is 11.8 Å². The van der Waals surface area contributed by atoms with Gasteiger partial charge in [0.15, 0.2) is 0 Å². The van der Waals surface area contributed by atoms with E-state index < -0.39 is 29.7 Å². The molecule has 0 aliphatic carbocycles. The molecule has 0 aromatic heterocycles. The van der Waals surface area contributed by atoms with Crippen molar-refractivity contribution in [2.75, 3.05) is 25.7 Å². The number of anilines is 1. The van der Waals surface area contributed by atoms with Crippen LogP contribution in [0.25, 0.3) is 0 Å². The second-order valence-electron chi connectivity index (χ2n) is 7.56. The molecule has 0 spiro atoms. The molecule has 9 nitrogen and oxygen atoms in total. The fraction of sp³-hybridized carbons (Fsp3) is 0.333. The van der Waals surface area contributed by atoms with E-state index in [0.29, 0.717) is 23.6 Å². The molecule has 1 aliphatic heterocycles. The van der Waals surface area contributed by atoms with E-state index in [2.05, 4.69) is 0 Å². The van der Waals surface area contributed by atoms with E-state index in [-0.39, 0.29) is 25.8 Å². The number of aliphatic carboxylic acids is 1. The van der Waals surface area contributed by atoms with E-state index in [4.69, 9.17) is 14.6 Å². The number of hydrogen-bond acceptors (Lipinski definition) is 6. The Morgan fingerprint density at radius 1 is 0.970 bits per heavy atom. The van der Waals surface area contributed by atoms with Gasteiger partial charge in [-0.05, 0) is 48.4 Å². The van der Waals surface area contributed by atoms with E-state index in [9.17, 15) is 19.2 Å². The first-order valence-corrected chi connectivity index (χ1v) is 10.5. The maximum Gasteiger partial charge on any atom is 0.303 e. The SMILES string of the molecule is COc1ccc(CCN(C(=O)CCC(=O)O)[C@@H]2CC(=O)N(c3ccc(OC)cc3)C2=O)cc1. The fourth-order valence-electron chi connectivity index (χ4n) is 3.72. The Labute approximate surface area is 191 Å². The van der Waals surface area contributed by atoms with E-state index >= 15 is 0 Å². The van der Waals surface area contributed by atoms with Crippen LogP contribution in [-0.4, -0.2) is 60.5 Å². The van der Waals surface area contributed by atoms with E-state index in [1.165, 1.54) is 12.0 Å². The molecule has 1 saturated heterocycles. The molecular weight excluding hydrogens is 428 g/mol. The Morgan fingerprint density at radius 3 is 2.09 bits per heavy atom. The van der Waals surface area contributed by atoms with Gasteiger partial charge in [-0.1, -0.05) is 12.1 Å². The number of amides is 3. The predicted molar refractivity (Wildman–Crippen MR) is 119 cm³/mol. The minimum atomic E-state index is -1.10. The molecule has 9 heteroatoms. The predicted octanol–water partition coefficient (Wildman–Crippen LogP) is 2.27. The van der Waals surface area contributed by atoms with Gasteiger partial charge in [-0.2, -0.15) is 0 Å². The van der Waals surface area contributed by atoms with Crippen molar-refractivity contribution in [3.63, 3.8) is 0 Å². The summed E-state index contributed by atoms with van der Waals surface area (Å²) in [6, 6.07) is 12.8. The Hall–Kier alpha value is -3.88. The number of methoxy groups -OCH3 is 2. The van der Waals surface area contributed by atoms with Crippen LogP contribution in [0.1, 0.15) is 24.8 Å². The molecule has 2 aromatic carbocycles.